The molecule has 1 amide bonds. The van der Waals surface area contributed by atoms with Crippen molar-refractivity contribution in [1.29, 1.82) is 0 Å². The minimum atomic E-state index is -0.553. The first-order chi connectivity index (χ1) is 11.7. The second-order valence-corrected chi connectivity index (χ2v) is 5.40. The normalized spacial score (nSPS) is 16.6. The third kappa shape index (κ3) is 2.50. The predicted octanol–water partition coefficient (Wildman–Crippen LogP) is 2.45. The minimum Gasteiger partial charge on any atom is -0.479 e. The van der Waals surface area contributed by atoms with E-state index in [0.29, 0.717) is 23.2 Å². The maximum atomic E-state index is 12.5. The highest BCUT2D eigenvalue weighted by molar-refractivity contribution is 5.99. The lowest BCUT2D eigenvalue weighted by Crippen LogP contribution is -2.44. The summed E-state index contributed by atoms with van der Waals surface area (Å²) in [4.78, 5) is 22.4. The van der Waals surface area contributed by atoms with Gasteiger partial charge in [0.15, 0.2) is 6.10 Å². The van der Waals surface area contributed by atoms with E-state index >= 15 is 0 Å². The number of benzene rings is 1. The van der Waals surface area contributed by atoms with E-state index in [-0.39, 0.29) is 12.5 Å². The van der Waals surface area contributed by atoms with Crippen molar-refractivity contribution >= 4 is 11.6 Å². The van der Waals surface area contributed by atoms with Gasteiger partial charge in [0.05, 0.1) is 5.69 Å². The van der Waals surface area contributed by atoms with Gasteiger partial charge in [-0.05, 0) is 31.2 Å². The molecule has 1 aromatic carbocycles. The van der Waals surface area contributed by atoms with Crippen molar-refractivity contribution in [3.05, 3.63) is 54.7 Å². The van der Waals surface area contributed by atoms with E-state index < -0.39 is 6.10 Å². The number of rotatable bonds is 3. The highest BCUT2D eigenvalue weighted by Crippen LogP contribution is 2.34. The summed E-state index contributed by atoms with van der Waals surface area (Å²) in [7, 11) is 0. The fourth-order valence-corrected chi connectivity index (χ4v) is 2.59. The Morgan fingerprint density at radius 1 is 1.17 bits per heavy atom. The van der Waals surface area contributed by atoms with Crippen molar-refractivity contribution < 1.29 is 14.1 Å². The van der Waals surface area contributed by atoms with E-state index in [9.17, 15) is 4.79 Å². The Bertz CT molecular complexity index is 878. The van der Waals surface area contributed by atoms with Crippen molar-refractivity contribution in [1.82, 2.24) is 15.1 Å². The van der Waals surface area contributed by atoms with E-state index in [1.54, 1.807) is 36.4 Å². The molecule has 7 nitrogen and oxygen atoms in total. The lowest BCUT2D eigenvalue weighted by molar-refractivity contribution is -0.125. The Morgan fingerprint density at radius 2 is 1.96 bits per heavy atom. The molecule has 0 radical (unpaired) electrons. The highest BCUT2D eigenvalue weighted by Gasteiger charge is 2.32. The Hall–Kier alpha value is -3.22. The predicted molar refractivity (Wildman–Crippen MR) is 85.3 cm³/mol. The third-order valence-electron chi connectivity index (χ3n) is 3.77. The molecule has 24 heavy (non-hydrogen) atoms. The maximum Gasteiger partial charge on any atom is 0.268 e. The first-order valence-electron chi connectivity index (χ1n) is 7.52. The Labute approximate surface area is 137 Å². The van der Waals surface area contributed by atoms with Gasteiger partial charge in [0.2, 0.25) is 11.7 Å². The zero-order chi connectivity index (χ0) is 16.5. The van der Waals surface area contributed by atoms with Crippen LogP contribution in [0.3, 0.4) is 0 Å². The van der Waals surface area contributed by atoms with Crippen LogP contribution in [-0.4, -0.2) is 27.1 Å². The fourth-order valence-electron chi connectivity index (χ4n) is 2.59. The molecular weight excluding hydrogens is 308 g/mol. The van der Waals surface area contributed by atoms with Crippen LogP contribution < -0.4 is 9.64 Å². The van der Waals surface area contributed by atoms with Crippen molar-refractivity contribution in [3.8, 4) is 17.1 Å². The average Bonchev–Trinajstić information content (AvgIpc) is 3.08. The number of pyridine rings is 1. The number of para-hydroxylation sites is 2. The van der Waals surface area contributed by atoms with Crippen molar-refractivity contribution in [2.75, 3.05) is 4.90 Å². The summed E-state index contributed by atoms with van der Waals surface area (Å²) in [6.45, 7) is 1.92. The van der Waals surface area contributed by atoms with E-state index in [4.69, 9.17) is 9.26 Å². The fraction of sp³-hybridized carbons (Fsp3) is 0.176. The summed E-state index contributed by atoms with van der Waals surface area (Å²) in [5, 5.41) is 3.97. The van der Waals surface area contributed by atoms with Crippen LogP contribution in [0.5, 0.6) is 5.75 Å². The highest BCUT2D eigenvalue weighted by atomic mass is 16.5. The molecule has 0 N–H and O–H groups in total. The summed E-state index contributed by atoms with van der Waals surface area (Å²) in [6.07, 6.45) is 2.77. The van der Waals surface area contributed by atoms with E-state index in [1.165, 1.54) is 0 Å². The second kappa shape index (κ2) is 5.77. The Kier molecular flexibility index (Phi) is 3.45. The third-order valence-corrected chi connectivity index (χ3v) is 3.77. The van der Waals surface area contributed by atoms with Gasteiger partial charge in [-0.25, -0.2) is 0 Å². The van der Waals surface area contributed by atoms with Gasteiger partial charge in [-0.1, -0.05) is 17.3 Å². The van der Waals surface area contributed by atoms with Gasteiger partial charge >= 0.3 is 0 Å². The van der Waals surface area contributed by atoms with E-state index in [1.807, 2.05) is 24.3 Å². The molecule has 0 saturated carbocycles. The number of carbonyl (C=O) groups excluding carboxylic acids is 1. The van der Waals surface area contributed by atoms with Crippen LogP contribution in [0.25, 0.3) is 11.4 Å². The SMILES string of the molecule is C[C@@H]1Oc2ccccc2N(Cc2nc(-c3ccncc3)no2)C1=O. The topological polar surface area (TPSA) is 81.3 Å². The van der Waals surface area contributed by atoms with Crippen LogP contribution in [0.4, 0.5) is 5.69 Å². The largest absolute Gasteiger partial charge is 0.479 e. The maximum absolute atomic E-state index is 12.5. The summed E-state index contributed by atoms with van der Waals surface area (Å²) < 4.78 is 10.9. The quantitative estimate of drug-likeness (QED) is 0.737. The van der Waals surface area contributed by atoms with Gasteiger partial charge in [-0.3, -0.25) is 14.7 Å². The molecule has 120 valence electrons. The summed E-state index contributed by atoms with van der Waals surface area (Å²) in [5.41, 5.74) is 1.51. The molecule has 4 rings (SSSR count). The average molecular weight is 322 g/mol. The van der Waals surface area contributed by atoms with Crippen LogP contribution >= 0.6 is 0 Å². The summed E-state index contributed by atoms with van der Waals surface area (Å²) in [6, 6.07) is 11.0. The van der Waals surface area contributed by atoms with Gasteiger partial charge in [-0.2, -0.15) is 4.98 Å². The molecular formula is C17H14N4O3. The zero-order valence-electron chi connectivity index (χ0n) is 12.9. The number of hydrogen-bond acceptors (Lipinski definition) is 6. The first-order valence-corrected chi connectivity index (χ1v) is 7.52. The summed E-state index contributed by atoms with van der Waals surface area (Å²) >= 11 is 0. The number of amides is 1. The number of carbonyl (C=O) groups is 1. The van der Waals surface area contributed by atoms with Crippen LogP contribution in [0, 0.1) is 0 Å². The van der Waals surface area contributed by atoms with Crippen molar-refractivity contribution in [3.63, 3.8) is 0 Å². The lowest BCUT2D eigenvalue weighted by Gasteiger charge is -2.31. The molecule has 2 aromatic heterocycles. The number of nitrogens with zero attached hydrogens (tertiary/aromatic N) is 4. The molecule has 3 aromatic rings. The zero-order valence-corrected chi connectivity index (χ0v) is 12.9. The molecule has 1 aliphatic heterocycles. The molecule has 0 saturated heterocycles. The smallest absolute Gasteiger partial charge is 0.268 e. The van der Waals surface area contributed by atoms with E-state index in [2.05, 4.69) is 15.1 Å². The number of hydrogen-bond donors (Lipinski definition) is 0. The second-order valence-electron chi connectivity index (χ2n) is 5.40. The molecule has 0 aliphatic carbocycles. The monoisotopic (exact) mass is 322 g/mol. The van der Waals surface area contributed by atoms with Gasteiger partial charge < -0.3 is 9.26 Å². The number of anilines is 1. The number of ether oxygens (including phenoxy) is 1. The molecule has 1 aliphatic rings. The van der Waals surface area contributed by atoms with Gasteiger partial charge in [0.25, 0.3) is 5.91 Å². The molecule has 0 fully saturated rings. The van der Waals surface area contributed by atoms with Gasteiger partial charge in [-0.15, -0.1) is 0 Å². The van der Waals surface area contributed by atoms with Crippen LogP contribution in [0.2, 0.25) is 0 Å². The minimum absolute atomic E-state index is 0.141. The number of aromatic nitrogens is 3. The lowest BCUT2D eigenvalue weighted by atomic mass is 10.2. The molecule has 1 atom stereocenters. The number of fused-ring (bicyclic) bond motifs is 1. The van der Waals surface area contributed by atoms with E-state index in [0.717, 1.165) is 5.56 Å². The van der Waals surface area contributed by atoms with Crippen LogP contribution in [-0.2, 0) is 11.3 Å². The van der Waals surface area contributed by atoms with Crippen LogP contribution in [0.15, 0.2) is 53.3 Å². The summed E-state index contributed by atoms with van der Waals surface area (Å²) in [5.74, 6) is 1.35. The first kappa shape index (κ1) is 14.4. The molecule has 3 heterocycles. The Balaban J connectivity index is 1.64. The van der Waals surface area contributed by atoms with Crippen LogP contribution in [0.1, 0.15) is 12.8 Å². The molecule has 0 unspecified atom stereocenters. The molecule has 0 spiro atoms. The molecule has 7 heteroatoms. The van der Waals surface area contributed by atoms with Crippen molar-refractivity contribution in [2.45, 2.75) is 19.6 Å². The molecule has 0 bridgehead atoms. The van der Waals surface area contributed by atoms with Gasteiger partial charge in [0, 0.05) is 18.0 Å². The van der Waals surface area contributed by atoms with Crippen molar-refractivity contribution in [2.24, 2.45) is 0 Å². The van der Waals surface area contributed by atoms with Gasteiger partial charge in [0.1, 0.15) is 12.3 Å². The standard InChI is InChI=1S/C17H14N4O3/c1-11-17(22)21(13-4-2-3-5-14(13)23-11)10-15-19-16(20-24-15)12-6-8-18-9-7-12/h2-9,11H,10H2,1H3/t11-/m0/s1. The Morgan fingerprint density at radius 3 is 2.79 bits per heavy atom.